The van der Waals surface area contributed by atoms with Crippen LogP contribution in [0, 0.1) is 5.92 Å². The van der Waals surface area contributed by atoms with Gasteiger partial charge in [-0.3, -0.25) is 9.69 Å². The molecule has 0 unspecified atom stereocenters. The summed E-state index contributed by atoms with van der Waals surface area (Å²) in [5.74, 6) is 1.09. The van der Waals surface area contributed by atoms with Crippen molar-refractivity contribution in [3.05, 3.63) is 22.4 Å². The fraction of sp³-hybridized carbons (Fsp3) is 0.643. The van der Waals surface area contributed by atoms with Gasteiger partial charge in [0.1, 0.15) is 0 Å². The number of rotatable bonds is 3. The van der Waals surface area contributed by atoms with E-state index in [4.69, 9.17) is 0 Å². The third-order valence-electron chi connectivity index (χ3n) is 4.13. The van der Waals surface area contributed by atoms with E-state index in [2.05, 4.69) is 11.8 Å². The van der Waals surface area contributed by atoms with Gasteiger partial charge in [0.25, 0.3) is 0 Å². The first-order valence-corrected chi connectivity index (χ1v) is 7.20. The number of nitrogens with zero attached hydrogens (tertiary/aromatic N) is 1. The Kier molecular flexibility index (Phi) is 3.69. The van der Waals surface area contributed by atoms with E-state index >= 15 is 0 Å². The quantitative estimate of drug-likeness (QED) is 0.767. The van der Waals surface area contributed by atoms with Crippen molar-refractivity contribution >= 4 is 17.1 Å². The molecule has 0 saturated heterocycles. The number of hydrogen-bond donors (Lipinski definition) is 0. The van der Waals surface area contributed by atoms with Gasteiger partial charge in [0.05, 0.1) is 10.4 Å². The summed E-state index contributed by atoms with van der Waals surface area (Å²) in [5, 5.41) is 1.99. The third-order valence-corrected chi connectivity index (χ3v) is 4.99. The fourth-order valence-electron chi connectivity index (χ4n) is 2.75. The molecular weight excluding hydrogens is 230 g/mol. The zero-order valence-corrected chi connectivity index (χ0v) is 11.7. The first-order valence-electron chi connectivity index (χ1n) is 6.32. The summed E-state index contributed by atoms with van der Waals surface area (Å²) < 4.78 is 0. The van der Waals surface area contributed by atoms with E-state index < -0.39 is 0 Å². The molecule has 0 atom stereocenters. The van der Waals surface area contributed by atoms with Crippen molar-refractivity contribution in [2.24, 2.45) is 5.92 Å². The summed E-state index contributed by atoms with van der Waals surface area (Å²) in [5.41, 5.74) is -0.253. The van der Waals surface area contributed by atoms with Crippen molar-refractivity contribution in [2.45, 2.75) is 38.1 Å². The predicted molar refractivity (Wildman–Crippen MR) is 72.7 cm³/mol. The Balaban J connectivity index is 2.26. The van der Waals surface area contributed by atoms with Crippen molar-refractivity contribution in [1.82, 2.24) is 4.90 Å². The summed E-state index contributed by atoms with van der Waals surface area (Å²) >= 11 is 1.57. The Bertz CT molecular complexity index is 375. The number of thiophene rings is 1. The van der Waals surface area contributed by atoms with Crippen LogP contribution in [0.25, 0.3) is 0 Å². The summed E-state index contributed by atoms with van der Waals surface area (Å²) in [4.78, 5) is 15.7. The Morgan fingerprint density at radius 1 is 1.41 bits per heavy atom. The van der Waals surface area contributed by atoms with Crippen molar-refractivity contribution in [1.29, 1.82) is 0 Å². The smallest absolute Gasteiger partial charge is 0.192 e. The molecule has 0 aromatic carbocycles. The first-order chi connectivity index (χ1) is 8.06. The molecule has 0 spiro atoms. The molecule has 1 saturated carbocycles. The molecule has 1 aromatic heterocycles. The second-order valence-electron chi connectivity index (χ2n) is 5.41. The van der Waals surface area contributed by atoms with E-state index in [1.54, 1.807) is 11.3 Å². The van der Waals surface area contributed by atoms with E-state index in [-0.39, 0.29) is 5.54 Å². The van der Waals surface area contributed by atoms with Crippen molar-refractivity contribution in [3.8, 4) is 0 Å². The number of ketones is 1. The molecular formula is C14H21NOS. The number of carbonyl (C=O) groups is 1. The number of likely N-dealkylation sites (N-methyl/N-ethyl adjacent to an activating group) is 1. The molecule has 2 rings (SSSR count). The minimum atomic E-state index is -0.253. The van der Waals surface area contributed by atoms with Gasteiger partial charge in [-0.15, -0.1) is 11.3 Å². The third kappa shape index (κ3) is 2.31. The van der Waals surface area contributed by atoms with Gasteiger partial charge in [-0.1, -0.05) is 13.0 Å². The van der Waals surface area contributed by atoms with Gasteiger partial charge in [-0.25, -0.2) is 0 Å². The highest BCUT2D eigenvalue weighted by Crippen LogP contribution is 2.38. The fourth-order valence-corrected chi connectivity index (χ4v) is 3.51. The topological polar surface area (TPSA) is 20.3 Å². The van der Waals surface area contributed by atoms with Crippen LogP contribution in [-0.4, -0.2) is 30.3 Å². The monoisotopic (exact) mass is 251 g/mol. The van der Waals surface area contributed by atoms with Crippen molar-refractivity contribution in [3.63, 3.8) is 0 Å². The van der Waals surface area contributed by atoms with Crippen LogP contribution in [0.15, 0.2) is 17.5 Å². The lowest BCUT2D eigenvalue weighted by molar-refractivity contribution is 0.0518. The van der Waals surface area contributed by atoms with Crippen LogP contribution >= 0.6 is 11.3 Å². The SMILES string of the molecule is CC1CCC(C(=O)c2cccs2)(N(C)C)CC1. The second kappa shape index (κ2) is 4.91. The normalized spacial score (nSPS) is 29.5. The largest absolute Gasteiger partial charge is 0.297 e. The number of Topliss-reactive ketones (excluding diaryl/α,β-unsaturated/α-hetero) is 1. The lowest BCUT2D eigenvalue weighted by Gasteiger charge is -2.43. The zero-order chi connectivity index (χ0) is 12.5. The van der Waals surface area contributed by atoms with Crippen molar-refractivity contribution in [2.75, 3.05) is 14.1 Å². The maximum absolute atomic E-state index is 12.7. The van der Waals surface area contributed by atoms with Crippen LogP contribution in [0.3, 0.4) is 0 Å². The molecule has 0 amide bonds. The molecule has 0 N–H and O–H groups in total. The molecule has 0 aliphatic heterocycles. The van der Waals surface area contributed by atoms with Crippen LogP contribution in [-0.2, 0) is 0 Å². The lowest BCUT2D eigenvalue weighted by Crippen LogP contribution is -2.53. The maximum Gasteiger partial charge on any atom is 0.192 e. The molecule has 94 valence electrons. The molecule has 1 heterocycles. The molecule has 17 heavy (non-hydrogen) atoms. The van der Waals surface area contributed by atoms with Gasteiger partial charge in [-0.05, 0) is 57.1 Å². The summed E-state index contributed by atoms with van der Waals surface area (Å²) in [7, 11) is 4.09. The Hall–Kier alpha value is -0.670. The highest BCUT2D eigenvalue weighted by molar-refractivity contribution is 7.12. The molecule has 0 bridgehead atoms. The highest BCUT2D eigenvalue weighted by atomic mass is 32.1. The average molecular weight is 251 g/mol. The highest BCUT2D eigenvalue weighted by Gasteiger charge is 2.43. The first kappa shape index (κ1) is 12.8. The van der Waals surface area contributed by atoms with Gasteiger partial charge >= 0.3 is 0 Å². The number of carbonyl (C=O) groups excluding carboxylic acids is 1. The lowest BCUT2D eigenvalue weighted by atomic mass is 9.73. The molecule has 3 heteroatoms. The molecule has 1 aliphatic rings. The Labute approximate surface area is 108 Å². The van der Waals surface area contributed by atoms with Gasteiger partial charge in [0, 0.05) is 0 Å². The predicted octanol–water partition coefficient (Wildman–Crippen LogP) is 3.44. The van der Waals surface area contributed by atoms with Crippen LogP contribution in [0.5, 0.6) is 0 Å². The van der Waals surface area contributed by atoms with Gasteiger partial charge < -0.3 is 0 Å². The zero-order valence-electron chi connectivity index (χ0n) is 10.9. The minimum absolute atomic E-state index is 0.253. The summed E-state index contributed by atoms with van der Waals surface area (Å²) in [6.07, 6.45) is 4.32. The van der Waals surface area contributed by atoms with E-state index in [0.29, 0.717) is 5.78 Å². The van der Waals surface area contributed by atoms with Crippen LogP contribution < -0.4 is 0 Å². The molecule has 1 aliphatic carbocycles. The Morgan fingerprint density at radius 2 is 2.06 bits per heavy atom. The maximum atomic E-state index is 12.7. The molecule has 2 nitrogen and oxygen atoms in total. The van der Waals surface area contributed by atoms with Crippen LogP contribution in [0.1, 0.15) is 42.3 Å². The molecule has 1 fully saturated rings. The van der Waals surface area contributed by atoms with E-state index in [1.807, 2.05) is 31.6 Å². The number of hydrogen-bond acceptors (Lipinski definition) is 3. The van der Waals surface area contributed by atoms with Crippen molar-refractivity contribution < 1.29 is 4.79 Å². The van der Waals surface area contributed by atoms with Gasteiger partial charge in [0.2, 0.25) is 0 Å². The Morgan fingerprint density at radius 3 is 2.53 bits per heavy atom. The van der Waals surface area contributed by atoms with E-state index in [9.17, 15) is 4.79 Å². The van der Waals surface area contributed by atoms with E-state index in [1.165, 1.54) is 0 Å². The van der Waals surface area contributed by atoms with Gasteiger partial charge in [-0.2, -0.15) is 0 Å². The van der Waals surface area contributed by atoms with Crippen LogP contribution in [0.2, 0.25) is 0 Å². The standard InChI is InChI=1S/C14H21NOS/c1-11-6-8-14(9-7-11,15(2)3)13(16)12-5-4-10-17-12/h4-5,10-11H,6-9H2,1-3H3. The second-order valence-corrected chi connectivity index (χ2v) is 6.36. The molecule has 0 radical (unpaired) electrons. The average Bonchev–Trinajstić information content (AvgIpc) is 2.82. The summed E-state index contributed by atoms with van der Waals surface area (Å²) in [6, 6.07) is 3.92. The van der Waals surface area contributed by atoms with Gasteiger partial charge in [0.15, 0.2) is 5.78 Å². The molecule has 1 aromatic rings. The minimum Gasteiger partial charge on any atom is -0.297 e. The van der Waals surface area contributed by atoms with Crippen LogP contribution in [0.4, 0.5) is 0 Å². The van der Waals surface area contributed by atoms with E-state index in [0.717, 1.165) is 36.5 Å². The summed E-state index contributed by atoms with van der Waals surface area (Å²) in [6.45, 7) is 2.29.